The smallest absolute Gasteiger partial charge is 0.151 e. The third-order valence-electron chi connectivity index (χ3n) is 3.90. The topological polar surface area (TPSA) is 75.3 Å². The molecule has 25 heavy (non-hydrogen) atoms. The summed E-state index contributed by atoms with van der Waals surface area (Å²) in [6, 6.07) is 7.86. The lowest BCUT2D eigenvalue weighted by molar-refractivity contribution is 0.953. The van der Waals surface area contributed by atoms with Gasteiger partial charge in [0.05, 0.1) is 16.9 Å². The van der Waals surface area contributed by atoms with E-state index in [0.717, 1.165) is 41.0 Å². The molecule has 0 radical (unpaired) electrons. The first-order valence-electron chi connectivity index (χ1n) is 8.01. The maximum absolute atomic E-state index is 6.31. The van der Waals surface area contributed by atoms with E-state index >= 15 is 0 Å². The third-order valence-corrected chi connectivity index (χ3v) is 4.30. The van der Waals surface area contributed by atoms with Crippen LogP contribution < -0.4 is 16.4 Å². The van der Waals surface area contributed by atoms with Crippen LogP contribution in [-0.2, 0) is 12.8 Å². The fourth-order valence-electron chi connectivity index (χ4n) is 2.62. The van der Waals surface area contributed by atoms with Crippen molar-refractivity contribution in [2.24, 2.45) is 4.99 Å². The van der Waals surface area contributed by atoms with E-state index in [1.165, 1.54) is 0 Å². The van der Waals surface area contributed by atoms with Crippen molar-refractivity contribution in [3.8, 4) is 0 Å². The Kier molecular flexibility index (Phi) is 5.05. The Hall–Kier alpha value is -2.79. The summed E-state index contributed by atoms with van der Waals surface area (Å²) in [5.74, 6) is 0.983. The summed E-state index contributed by atoms with van der Waals surface area (Å²) in [5.41, 5.74) is 10.8. The van der Waals surface area contributed by atoms with Crippen LogP contribution in [0, 0.1) is 0 Å². The quantitative estimate of drug-likeness (QED) is 0.668. The van der Waals surface area contributed by atoms with E-state index < -0.39 is 0 Å². The molecule has 2 aromatic rings. The molecule has 2 heterocycles. The lowest BCUT2D eigenvalue weighted by Gasteiger charge is -2.13. The van der Waals surface area contributed by atoms with Gasteiger partial charge in [0.25, 0.3) is 0 Å². The van der Waals surface area contributed by atoms with Gasteiger partial charge in [-0.25, -0.2) is 4.99 Å². The minimum absolute atomic E-state index is 0.469. The normalized spacial score (nSPS) is 17.1. The van der Waals surface area contributed by atoms with Crippen molar-refractivity contribution in [3.05, 3.63) is 71.3 Å². The molecule has 1 aliphatic heterocycles. The van der Waals surface area contributed by atoms with Crippen LogP contribution >= 0.6 is 11.6 Å². The van der Waals surface area contributed by atoms with E-state index in [4.69, 9.17) is 17.3 Å². The molecule has 128 valence electrons. The highest BCUT2D eigenvalue weighted by atomic mass is 35.5. The number of fused-ring (bicyclic) bond motifs is 4. The van der Waals surface area contributed by atoms with Crippen LogP contribution in [0.25, 0.3) is 0 Å². The molecule has 0 atom stereocenters. The summed E-state index contributed by atoms with van der Waals surface area (Å²) in [6.45, 7) is 5.81. The minimum Gasteiger partial charge on any atom is -0.399 e. The van der Waals surface area contributed by atoms with E-state index in [-0.39, 0.29) is 0 Å². The Morgan fingerprint density at radius 2 is 2.04 bits per heavy atom. The molecule has 0 aliphatic carbocycles. The summed E-state index contributed by atoms with van der Waals surface area (Å²) in [7, 11) is 0. The SMILES string of the molecule is C=C1/N=C(\C(Cl)=C/C)Nc2ccc(N)c(c2)CCc2cncc(c2)N1. The van der Waals surface area contributed by atoms with Crippen LogP contribution in [0.2, 0.25) is 0 Å². The third kappa shape index (κ3) is 4.19. The predicted octanol–water partition coefficient (Wildman–Crippen LogP) is 4.30. The first kappa shape index (κ1) is 17.0. The van der Waals surface area contributed by atoms with Crippen molar-refractivity contribution in [3.63, 3.8) is 0 Å². The van der Waals surface area contributed by atoms with E-state index in [1.54, 1.807) is 12.3 Å². The van der Waals surface area contributed by atoms with Crippen LogP contribution in [-0.4, -0.2) is 10.8 Å². The van der Waals surface area contributed by atoms with Crippen LogP contribution in [0.4, 0.5) is 17.1 Å². The van der Waals surface area contributed by atoms with Crippen molar-refractivity contribution in [1.82, 2.24) is 4.98 Å². The number of hydrogen-bond acceptors (Lipinski definition) is 5. The molecule has 4 bridgehead atoms. The second-order valence-corrected chi connectivity index (χ2v) is 6.20. The van der Waals surface area contributed by atoms with E-state index in [0.29, 0.717) is 16.7 Å². The van der Waals surface area contributed by atoms with Gasteiger partial charge in [-0.15, -0.1) is 0 Å². The van der Waals surface area contributed by atoms with Crippen LogP contribution in [0.15, 0.2) is 65.2 Å². The van der Waals surface area contributed by atoms with Crippen molar-refractivity contribution in [2.45, 2.75) is 19.8 Å². The Labute approximate surface area is 152 Å². The van der Waals surface area contributed by atoms with Gasteiger partial charge >= 0.3 is 0 Å². The largest absolute Gasteiger partial charge is 0.399 e. The molecule has 0 saturated carbocycles. The number of pyridine rings is 1. The van der Waals surface area contributed by atoms with Gasteiger partial charge in [-0.2, -0.15) is 0 Å². The molecule has 5 nitrogen and oxygen atoms in total. The van der Waals surface area contributed by atoms with Gasteiger partial charge in [0.2, 0.25) is 0 Å². The number of hydrogen-bond donors (Lipinski definition) is 3. The molecule has 0 spiro atoms. The number of nitrogens with one attached hydrogen (secondary N) is 2. The Morgan fingerprint density at radius 3 is 2.84 bits per heavy atom. The molecule has 0 amide bonds. The van der Waals surface area contributed by atoms with Gasteiger partial charge in [0.15, 0.2) is 5.84 Å². The van der Waals surface area contributed by atoms with Gasteiger partial charge in [-0.3, -0.25) is 4.98 Å². The van der Waals surface area contributed by atoms with Crippen LogP contribution in [0.1, 0.15) is 18.1 Å². The number of halogens is 1. The van der Waals surface area contributed by atoms with E-state index in [2.05, 4.69) is 27.2 Å². The molecule has 3 rings (SSSR count). The van der Waals surface area contributed by atoms with Crippen molar-refractivity contribution < 1.29 is 0 Å². The molecule has 6 heteroatoms. The zero-order valence-corrected chi connectivity index (χ0v) is 14.8. The monoisotopic (exact) mass is 353 g/mol. The highest BCUT2D eigenvalue weighted by molar-refractivity contribution is 6.45. The average Bonchev–Trinajstić information content (AvgIpc) is 2.61. The molecule has 0 unspecified atom stereocenters. The number of rotatable bonds is 1. The standard InChI is InChI=1S/C19H20ClN5/c1-3-17(20)19-24-12(2)23-16-8-13(10-22-11-16)4-5-14-9-15(25-19)6-7-18(14)21/h3,6-11,23H,2,4-5,21H2,1H3,(H,24,25)/b17-3+. The summed E-state index contributed by atoms with van der Waals surface area (Å²) >= 11 is 6.31. The van der Waals surface area contributed by atoms with Gasteiger partial charge < -0.3 is 16.4 Å². The lowest BCUT2D eigenvalue weighted by atomic mass is 10.0. The Morgan fingerprint density at radius 1 is 1.20 bits per heavy atom. The predicted molar refractivity (Wildman–Crippen MR) is 106 cm³/mol. The fraction of sp³-hybridized carbons (Fsp3) is 0.158. The van der Waals surface area contributed by atoms with Crippen LogP contribution in [0.3, 0.4) is 0 Å². The number of aromatic nitrogens is 1. The number of amidine groups is 1. The summed E-state index contributed by atoms with van der Waals surface area (Å²) < 4.78 is 0. The van der Waals surface area contributed by atoms with E-state index in [1.807, 2.05) is 37.4 Å². The second-order valence-electron chi connectivity index (χ2n) is 5.79. The number of nitrogens with two attached hydrogens (primary N) is 1. The number of allylic oxidation sites excluding steroid dienone is 1. The number of benzene rings is 1. The lowest BCUT2D eigenvalue weighted by Crippen LogP contribution is -2.14. The highest BCUT2D eigenvalue weighted by Gasteiger charge is 2.10. The van der Waals surface area contributed by atoms with Gasteiger partial charge in [0, 0.05) is 17.6 Å². The van der Waals surface area contributed by atoms with Gasteiger partial charge in [-0.1, -0.05) is 24.3 Å². The first-order chi connectivity index (χ1) is 12.0. The first-order valence-corrected chi connectivity index (χ1v) is 8.39. The van der Waals surface area contributed by atoms with Gasteiger partial charge in [-0.05, 0) is 55.2 Å². The van der Waals surface area contributed by atoms with Crippen molar-refractivity contribution in [2.75, 3.05) is 16.4 Å². The highest BCUT2D eigenvalue weighted by Crippen LogP contribution is 2.23. The molecular weight excluding hydrogens is 334 g/mol. The molecule has 0 fully saturated rings. The number of aryl methyl sites for hydroxylation is 2. The number of nitrogen functional groups attached to an aromatic ring is 1. The summed E-state index contributed by atoms with van der Waals surface area (Å²) in [4.78, 5) is 8.76. The maximum Gasteiger partial charge on any atom is 0.151 e. The van der Waals surface area contributed by atoms with Crippen molar-refractivity contribution in [1.29, 1.82) is 0 Å². The zero-order chi connectivity index (χ0) is 17.8. The Bertz CT molecular complexity index is 870. The molecule has 0 saturated heterocycles. The second kappa shape index (κ2) is 7.40. The number of aliphatic imine (C=N–C) groups is 1. The molecule has 1 aliphatic rings. The molecular formula is C19H20ClN5. The fourth-order valence-corrected chi connectivity index (χ4v) is 2.71. The minimum atomic E-state index is 0.469. The average molecular weight is 354 g/mol. The summed E-state index contributed by atoms with van der Waals surface area (Å²) in [5, 5.41) is 6.91. The summed E-state index contributed by atoms with van der Waals surface area (Å²) in [6.07, 6.45) is 7.03. The van der Waals surface area contributed by atoms with Crippen LogP contribution in [0.5, 0.6) is 0 Å². The zero-order valence-electron chi connectivity index (χ0n) is 14.0. The maximum atomic E-state index is 6.31. The number of nitrogens with zero attached hydrogens (tertiary/aromatic N) is 2. The van der Waals surface area contributed by atoms with Crippen molar-refractivity contribution >= 4 is 34.5 Å². The van der Waals surface area contributed by atoms with E-state index in [9.17, 15) is 0 Å². The molecule has 1 aromatic carbocycles. The molecule has 4 N–H and O–H groups in total. The number of anilines is 3. The molecule has 1 aromatic heterocycles. The Balaban J connectivity index is 2.08. The van der Waals surface area contributed by atoms with Gasteiger partial charge in [0.1, 0.15) is 5.82 Å².